The molecule has 2 unspecified atom stereocenters. The highest BCUT2D eigenvalue weighted by Crippen LogP contribution is 2.29. The Kier molecular flexibility index (Phi) is 4.03. The lowest BCUT2D eigenvalue weighted by molar-refractivity contribution is -0.385. The third-order valence-corrected chi connectivity index (χ3v) is 3.60. The van der Waals surface area contributed by atoms with Gasteiger partial charge >= 0.3 is 11.7 Å². The van der Waals surface area contributed by atoms with Gasteiger partial charge in [-0.25, -0.2) is 4.98 Å². The predicted molar refractivity (Wildman–Crippen MR) is 72.5 cm³/mol. The molecule has 1 saturated heterocycles. The van der Waals surface area contributed by atoms with Crippen LogP contribution in [-0.2, 0) is 9.53 Å². The predicted octanol–water partition coefficient (Wildman–Crippen LogP) is 1.11. The van der Waals surface area contributed by atoms with E-state index in [2.05, 4.69) is 4.98 Å². The molecule has 0 saturated carbocycles. The minimum Gasteiger partial charge on any atom is -0.469 e. The van der Waals surface area contributed by atoms with E-state index in [0.29, 0.717) is 18.9 Å². The normalized spacial score (nSPS) is 20.9. The van der Waals surface area contributed by atoms with Crippen molar-refractivity contribution in [3.05, 3.63) is 27.9 Å². The number of nitro groups is 1. The summed E-state index contributed by atoms with van der Waals surface area (Å²) in [6, 6.07) is 4.48. The molecule has 2 atom stereocenters. The van der Waals surface area contributed by atoms with Crippen LogP contribution in [0.15, 0.2) is 12.1 Å². The van der Waals surface area contributed by atoms with Crippen LogP contribution >= 0.6 is 0 Å². The van der Waals surface area contributed by atoms with Gasteiger partial charge in [-0.1, -0.05) is 6.92 Å². The van der Waals surface area contributed by atoms with Gasteiger partial charge in [-0.2, -0.15) is 5.26 Å². The highest BCUT2D eigenvalue weighted by Gasteiger charge is 2.36. The first-order valence-corrected chi connectivity index (χ1v) is 6.36. The maximum absolute atomic E-state index is 11.7. The number of carbonyl (C=O) groups is 1. The Morgan fingerprint density at radius 1 is 1.57 bits per heavy atom. The molecule has 0 bridgehead atoms. The van der Waals surface area contributed by atoms with Gasteiger partial charge in [0.1, 0.15) is 11.9 Å². The molecule has 0 aromatic carbocycles. The van der Waals surface area contributed by atoms with Gasteiger partial charge in [0.15, 0.2) is 0 Å². The highest BCUT2D eigenvalue weighted by atomic mass is 16.6. The van der Waals surface area contributed by atoms with Crippen LogP contribution in [0, 0.1) is 33.3 Å². The Hall–Kier alpha value is -2.69. The van der Waals surface area contributed by atoms with Gasteiger partial charge in [0.05, 0.1) is 18.0 Å². The largest absolute Gasteiger partial charge is 0.469 e. The van der Waals surface area contributed by atoms with E-state index in [1.807, 2.05) is 11.8 Å². The van der Waals surface area contributed by atoms with Gasteiger partial charge in [0.2, 0.25) is 5.69 Å². The number of methoxy groups -OCH3 is 1. The van der Waals surface area contributed by atoms with E-state index in [9.17, 15) is 14.9 Å². The Morgan fingerprint density at radius 3 is 2.86 bits per heavy atom. The number of nitriles is 1. The number of pyridine rings is 1. The van der Waals surface area contributed by atoms with Crippen LogP contribution in [0.25, 0.3) is 0 Å². The van der Waals surface area contributed by atoms with E-state index >= 15 is 0 Å². The Morgan fingerprint density at radius 2 is 2.29 bits per heavy atom. The van der Waals surface area contributed by atoms with E-state index < -0.39 is 4.92 Å². The van der Waals surface area contributed by atoms with E-state index in [1.165, 1.54) is 19.2 Å². The van der Waals surface area contributed by atoms with Gasteiger partial charge in [-0.05, 0) is 12.0 Å². The number of aromatic nitrogens is 1. The van der Waals surface area contributed by atoms with Gasteiger partial charge < -0.3 is 9.64 Å². The minimum absolute atomic E-state index is 0.0833. The molecule has 0 N–H and O–H groups in total. The second-order valence-electron chi connectivity index (χ2n) is 4.92. The molecule has 1 aliphatic rings. The molecule has 8 nitrogen and oxygen atoms in total. The fraction of sp³-hybridized carbons (Fsp3) is 0.462. The quantitative estimate of drug-likeness (QED) is 0.466. The molecular weight excluding hydrogens is 276 g/mol. The summed E-state index contributed by atoms with van der Waals surface area (Å²) in [5, 5.41) is 19.7. The highest BCUT2D eigenvalue weighted by molar-refractivity contribution is 5.74. The van der Waals surface area contributed by atoms with Crippen LogP contribution in [-0.4, -0.2) is 36.1 Å². The number of carbonyl (C=O) groups excluding carboxylic acids is 1. The lowest BCUT2D eigenvalue weighted by atomic mass is 9.99. The van der Waals surface area contributed by atoms with Crippen LogP contribution in [0.5, 0.6) is 0 Å². The van der Waals surface area contributed by atoms with Crippen molar-refractivity contribution in [2.75, 3.05) is 25.1 Å². The number of hydrogen-bond donors (Lipinski definition) is 0. The Labute approximate surface area is 121 Å². The zero-order valence-corrected chi connectivity index (χ0v) is 11.6. The summed E-state index contributed by atoms with van der Waals surface area (Å²) in [6.07, 6.45) is 0. The average molecular weight is 290 g/mol. The maximum Gasteiger partial charge on any atom is 0.310 e. The molecule has 2 heterocycles. The van der Waals surface area contributed by atoms with Crippen molar-refractivity contribution >= 4 is 17.5 Å². The Bertz CT molecular complexity index is 625. The number of rotatable bonds is 3. The molecule has 0 amide bonds. The standard InChI is InChI=1S/C13H14N4O4/c1-8-6-16(7-9(8)13(18)21-2)12-4-3-11(17(19)20)10(5-14)15-12/h3-4,8-9H,6-7H2,1-2H3. The molecule has 110 valence electrons. The molecule has 1 fully saturated rings. The van der Waals surface area contributed by atoms with Crippen LogP contribution in [0.3, 0.4) is 0 Å². The zero-order valence-electron chi connectivity index (χ0n) is 11.6. The molecular formula is C13H14N4O4. The van der Waals surface area contributed by atoms with Crippen molar-refractivity contribution in [1.82, 2.24) is 4.98 Å². The maximum atomic E-state index is 11.7. The molecule has 0 aliphatic carbocycles. The molecule has 0 spiro atoms. The van der Waals surface area contributed by atoms with Gasteiger partial charge in [0, 0.05) is 19.2 Å². The van der Waals surface area contributed by atoms with Crippen LogP contribution in [0.1, 0.15) is 12.6 Å². The van der Waals surface area contributed by atoms with Gasteiger partial charge in [0.25, 0.3) is 0 Å². The topological polar surface area (TPSA) is 109 Å². The first-order chi connectivity index (χ1) is 9.97. The van der Waals surface area contributed by atoms with Crippen molar-refractivity contribution in [1.29, 1.82) is 5.26 Å². The summed E-state index contributed by atoms with van der Waals surface area (Å²) in [4.78, 5) is 27.7. The monoisotopic (exact) mass is 290 g/mol. The lowest BCUT2D eigenvalue weighted by Gasteiger charge is -2.16. The summed E-state index contributed by atoms with van der Waals surface area (Å²) in [5.74, 6) is -0.0136. The van der Waals surface area contributed by atoms with Crippen molar-refractivity contribution in [3.8, 4) is 6.07 Å². The van der Waals surface area contributed by atoms with E-state index in [4.69, 9.17) is 10.00 Å². The Balaban J connectivity index is 2.26. The number of esters is 1. The lowest BCUT2D eigenvalue weighted by Crippen LogP contribution is -2.25. The van der Waals surface area contributed by atoms with Crippen LogP contribution in [0.2, 0.25) is 0 Å². The van der Waals surface area contributed by atoms with E-state index in [-0.39, 0.29) is 29.2 Å². The summed E-state index contributed by atoms with van der Waals surface area (Å²) < 4.78 is 4.76. The van der Waals surface area contributed by atoms with Gasteiger partial charge in [-0.15, -0.1) is 0 Å². The number of nitrogens with zero attached hydrogens (tertiary/aromatic N) is 4. The molecule has 2 rings (SSSR count). The molecule has 1 aromatic heterocycles. The van der Waals surface area contributed by atoms with Crippen molar-refractivity contribution in [2.24, 2.45) is 11.8 Å². The second-order valence-corrected chi connectivity index (χ2v) is 4.92. The molecule has 1 aliphatic heterocycles. The summed E-state index contributed by atoms with van der Waals surface area (Å²) >= 11 is 0. The smallest absolute Gasteiger partial charge is 0.310 e. The fourth-order valence-electron chi connectivity index (χ4n) is 2.46. The first-order valence-electron chi connectivity index (χ1n) is 6.36. The third-order valence-electron chi connectivity index (χ3n) is 3.60. The van der Waals surface area contributed by atoms with Crippen molar-refractivity contribution < 1.29 is 14.5 Å². The first kappa shape index (κ1) is 14.7. The van der Waals surface area contributed by atoms with E-state index in [1.54, 1.807) is 6.07 Å². The van der Waals surface area contributed by atoms with Gasteiger partial charge in [-0.3, -0.25) is 14.9 Å². The molecule has 21 heavy (non-hydrogen) atoms. The SMILES string of the molecule is COC(=O)C1CN(c2ccc([N+](=O)[O-])c(C#N)n2)CC1C. The molecule has 1 aromatic rings. The molecule has 0 radical (unpaired) electrons. The molecule has 8 heteroatoms. The summed E-state index contributed by atoms with van der Waals surface area (Å²) in [6.45, 7) is 2.93. The number of anilines is 1. The second kappa shape index (κ2) is 5.75. The number of ether oxygens (including phenoxy) is 1. The fourth-order valence-corrected chi connectivity index (χ4v) is 2.46. The summed E-state index contributed by atoms with van der Waals surface area (Å²) in [5.41, 5.74) is -0.551. The number of hydrogen-bond acceptors (Lipinski definition) is 7. The average Bonchev–Trinajstić information content (AvgIpc) is 2.87. The van der Waals surface area contributed by atoms with Crippen LogP contribution < -0.4 is 4.90 Å². The van der Waals surface area contributed by atoms with Crippen molar-refractivity contribution in [2.45, 2.75) is 6.92 Å². The third kappa shape index (κ3) is 2.76. The zero-order chi connectivity index (χ0) is 15.6. The van der Waals surface area contributed by atoms with Crippen LogP contribution in [0.4, 0.5) is 11.5 Å². The van der Waals surface area contributed by atoms with Crippen molar-refractivity contribution in [3.63, 3.8) is 0 Å². The van der Waals surface area contributed by atoms with E-state index in [0.717, 1.165) is 0 Å². The summed E-state index contributed by atoms with van der Waals surface area (Å²) in [7, 11) is 1.34. The minimum atomic E-state index is -0.640.